The SMILES string of the molecule is CCNc1cc(CN2CCN(C)CC2)ccn1. The number of nitrogens with zero attached hydrogens (tertiary/aromatic N) is 3. The van der Waals surface area contributed by atoms with Gasteiger partial charge in [-0.1, -0.05) is 0 Å². The average Bonchev–Trinajstić information content (AvgIpc) is 2.33. The molecule has 4 heteroatoms. The Morgan fingerprint density at radius 1 is 1.29 bits per heavy atom. The molecule has 0 amide bonds. The Kier molecular flexibility index (Phi) is 4.34. The fourth-order valence-electron chi connectivity index (χ4n) is 2.11. The van der Waals surface area contributed by atoms with E-state index in [1.165, 1.54) is 18.7 Å². The molecule has 0 aromatic carbocycles. The van der Waals surface area contributed by atoms with E-state index >= 15 is 0 Å². The standard InChI is InChI=1S/C13H22N4/c1-3-14-13-10-12(4-5-15-13)11-17-8-6-16(2)7-9-17/h4-5,10H,3,6-9,11H2,1-2H3,(H,14,15). The first-order valence-electron chi connectivity index (χ1n) is 6.37. The molecular formula is C13H22N4. The summed E-state index contributed by atoms with van der Waals surface area (Å²) in [6.07, 6.45) is 1.89. The number of hydrogen-bond donors (Lipinski definition) is 1. The normalized spacial score (nSPS) is 18.2. The zero-order valence-electron chi connectivity index (χ0n) is 10.8. The molecule has 1 N–H and O–H groups in total. The maximum Gasteiger partial charge on any atom is 0.126 e. The molecule has 0 radical (unpaired) electrons. The second-order valence-electron chi connectivity index (χ2n) is 4.66. The van der Waals surface area contributed by atoms with Gasteiger partial charge >= 0.3 is 0 Å². The van der Waals surface area contributed by atoms with Gasteiger partial charge in [0.05, 0.1) is 0 Å². The molecule has 94 valence electrons. The van der Waals surface area contributed by atoms with Gasteiger partial charge in [-0.05, 0) is 31.7 Å². The van der Waals surface area contributed by atoms with Crippen molar-refractivity contribution in [2.24, 2.45) is 0 Å². The highest BCUT2D eigenvalue weighted by Gasteiger charge is 2.13. The number of aromatic nitrogens is 1. The molecule has 2 rings (SSSR count). The summed E-state index contributed by atoms with van der Waals surface area (Å²) in [5.74, 6) is 0.985. The van der Waals surface area contributed by atoms with Crippen molar-refractivity contribution in [3.8, 4) is 0 Å². The van der Waals surface area contributed by atoms with E-state index in [2.05, 4.69) is 46.2 Å². The van der Waals surface area contributed by atoms with Gasteiger partial charge in [-0.3, -0.25) is 4.90 Å². The lowest BCUT2D eigenvalue weighted by molar-refractivity contribution is 0.148. The summed E-state index contributed by atoms with van der Waals surface area (Å²) in [4.78, 5) is 9.18. The van der Waals surface area contributed by atoms with Crippen molar-refractivity contribution < 1.29 is 0 Å². The van der Waals surface area contributed by atoms with Crippen LogP contribution in [-0.2, 0) is 6.54 Å². The number of piperazine rings is 1. The van der Waals surface area contributed by atoms with Gasteiger partial charge in [0.1, 0.15) is 5.82 Å². The largest absolute Gasteiger partial charge is 0.370 e. The highest BCUT2D eigenvalue weighted by Crippen LogP contribution is 2.11. The van der Waals surface area contributed by atoms with Crippen LogP contribution >= 0.6 is 0 Å². The van der Waals surface area contributed by atoms with E-state index < -0.39 is 0 Å². The van der Waals surface area contributed by atoms with Crippen molar-refractivity contribution in [1.29, 1.82) is 0 Å². The summed E-state index contributed by atoms with van der Waals surface area (Å²) in [7, 11) is 2.19. The van der Waals surface area contributed by atoms with Crippen molar-refractivity contribution in [2.45, 2.75) is 13.5 Å². The molecule has 1 aromatic rings. The molecule has 1 aliphatic heterocycles. The van der Waals surface area contributed by atoms with Gasteiger partial charge in [0.2, 0.25) is 0 Å². The van der Waals surface area contributed by atoms with Crippen LogP contribution in [0.25, 0.3) is 0 Å². The van der Waals surface area contributed by atoms with Crippen LogP contribution < -0.4 is 5.32 Å². The summed E-state index contributed by atoms with van der Waals surface area (Å²) in [6, 6.07) is 4.26. The van der Waals surface area contributed by atoms with Crippen LogP contribution in [0.2, 0.25) is 0 Å². The Hall–Kier alpha value is -1.13. The molecule has 0 bridgehead atoms. The highest BCUT2D eigenvalue weighted by atomic mass is 15.2. The fourth-order valence-corrected chi connectivity index (χ4v) is 2.11. The van der Waals surface area contributed by atoms with Crippen molar-refractivity contribution in [1.82, 2.24) is 14.8 Å². The predicted octanol–water partition coefficient (Wildman–Crippen LogP) is 1.26. The van der Waals surface area contributed by atoms with E-state index in [9.17, 15) is 0 Å². The summed E-state index contributed by atoms with van der Waals surface area (Å²) in [5, 5.41) is 3.25. The smallest absolute Gasteiger partial charge is 0.126 e. The molecule has 0 atom stereocenters. The van der Waals surface area contributed by atoms with Gasteiger partial charge < -0.3 is 10.2 Å². The minimum absolute atomic E-state index is 0.922. The van der Waals surface area contributed by atoms with Crippen molar-refractivity contribution in [3.63, 3.8) is 0 Å². The second-order valence-corrected chi connectivity index (χ2v) is 4.66. The molecule has 1 saturated heterocycles. The summed E-state index contributed by atoms with van der Waals surface area (Å²) < 4.78 is 0. The van der Waals surface area contributed by atoms with Crippen LogP contribution in [0.15, 0.2) is 18.3 Å². The highest BCUT2D eigenvalue weighted by molar-refractivity contribution is 5.37. The number of hydrogen-bond acceptors (Lipinski definition) is 4. The molecular weight excluding hydrogens is 212 g/mol. The molecule has 0 saturated carbocycles. The second kappa shape index (κ2) is 5.98. The zero-order valence-corrected chi connectivity index (χ0v) is 10.8. The molecule has 1 aliphatic rings. The molecule has 0 spiro atoms. The van der Waals surface area contributed by atoms with Crippen molar-refractivity contribution in [3.05, 3.63) is 23.9 Å². The third kappa shape index (κ3) is 3.68. The molecule has 1 fully saturated rings. The quantitative estimate of drug-likeness (QED) is 0.850. The van der Waals surface area contributed by atoms with Crippen LogP contribution in [0.5, 0.6) is 0 Å². The Balaban J connectivity index is 1.91. The Bertz CT molecular complexity index is 345. The van der Waals surface area contributed by atoms with Crippen LogP contribution in [-0.4, -0.2) is 54.6 Å². The number of rotatable bonds is 4. The Morgan fingerprint density at radius 2 is 2.06 bits per heavy atom. The molecule has 1 aromatic heterocycles. The van der Waals surface area contributed by atoms with Gasteiger partial charge in [0.25, 0.3) is 0 Å². The minimum atomic E-state index is 0.922. The van der Waals surface area contributed by atoms with Crippen LogP contribution in [0.3, 0.4) is 0 Å². The lowest BCUT2D eigenvalue weighted by Crippen LogP contribution is -2.43. The van der Waals surface area contributed by atoms with E-state index in [0.29, 0.717) is 0 Å². The number of nitrogens with one attached hydrogen (secondary N) is 1. The lowest BCUT2D eigenvalue weighted by atomic mass is 10.2. The molecule has 0 unspecified atom stereocenters. The number of anilines is 1. The van der Waals surface area contributed by atoms with Gasteiger partial charge in [0, 0.05) is 45.5 Å². The lowest BCUT2D eigenvalue weighted by Gasteiger charge is -2.32. The predicted molar refractivity (Wildman–Crippen MR) is 71.2 cm³/mol. The third-order valence-electron chi connectivity index (χ3n) is 3.18. The Morgan fingerprint density at radius 3 is 2.76 bits per heavy atom. The zero-order chi connectivity index (χ0) is 12.1. The minimum Gasteiger partial charge on any atom is -0.370 e. The third-order valence-corrected chi connectivity index (χ3v) is 3.18. The Labute approximate surface area is 104 Å². The fraction of sp³-hybridized carbons (Fsp3) is 0.615. The maximum atomic E-state index is 4.30. The van der Waals surface area contributed by atoms with Crippen LogP contribution in [0, 0.1) is 0 Å². The maximum absolute atomic E-state index is 4.30. The van der Waals surface area contributed by atoms with Crippen molar-refractivity contribution >= 4 is 5.82 Å². The van der Waals surface area contributed by atoms with Crippen molar-refractivity contribution in [2.75, 3.05) is 45.1 Å². The van der Waals surface area contributed by atoms with E-state index in [0.717, 1.165) is 32.0 Å². The first-order chi connectivity index (χ1) is 8.28. The number of pyridine rings is 1. The molecule has 4 nitrogen and oxygen atoms in total. The van der Waals surface area contributed by atoms with Crippen LogP contribution in [0.4, 0.5) is 5.82 Å². The van der Waals surface area contributed by atoms with Gasteiger partial charge in [-0.25, -0.2) is 4.98 Å². The molecule has 0 aliphatic carbocycles. The summed E-state index contributed by atoms with van der Waals surface area (Å²) >= 11 is 0. The first-order valence-corrected chi connectivity index (χ1v) is 6.37. The van der Waals surface area contributed by atoms with Crippen LogP contribution in [0.1, 0.15) is 12.5 Å². The monoisotopic (exact) mass is 234 g/mol. The van der Waals surface area contributed by atoms with Gasteiger partial charge in [-0.15, -0.1) is 0 Å². The first kappa shape index (κ1) is 12.3. The summed E-state index contributed by atoms with van der Waals surface area (Å²) in [5.41, 5.74) is 1.35. The topological polar surface area (TPSA) is 31.4 Å². The van der Waals surface area contributed by atoms with E-state index in [4.69, 9.17) is 0 Å². The average molecular weight is 234 g/mol. The van der Waals surface area contributed by atoms with E-state index in [-0.39, 0.29) is 0 Å². The molecule has 2 heterocycles. The summed E-state index contributed by atoms with van der Waals surface area (Å²) in [6.45, 7) is 8.72. The van der Waals surface area contributed by atoms with E-state index in [1.54, 1.807) is 0 Å². The van der Waals surface area contributed by atoms with Gasteiger partial charge in [0.15, 0.2) is 0 Å². The number of likely N-dealkylation sites (N-methyl/N-ethyl adjacent to an activating group) is 1. The molecule has 17 heavy (non-hydrogen) atoms. The van der Waals surface area contributed by atoms with Gasteiger partial charge in [-0.2, -0.15) is 0 Å². The van der Waals surface area contributed by atoms with E-state index in [1.807, 2.05) is 6.20 Å².